The Balaban J connectivity index is 1.40. The molecule has 2 saturated heterocycles. The Labute approximate surface area is 202 Å². The van der Waals surface area contributed by atoms with Gasteiger partial charge in [-0.3, -0.25) is 4.79 Å². The molecule has 1 N–H and O–H groups in total. The van der Waals surface area contributed by atoms with Gasteiger partial charge in [-0.25, -0.2) is 13.4 Å². The molecular formula is C25H34N4O4S. The number of aromatic nitrogens is 1. The molecule has 1 aromatic heterocycles. The second-order valence-electron chi connectivity index (χ2n) is 9.81. The fourth-order valence-electron chi connectivity index (χ4n) is 4.94. The van der Waals surface area contributed by atoms with Crippen molar-refractivity contribution < 1.29 is 17.9 Å². The molecule has 0 bridgehead atoms. The summed E-state index contributed by atoms with van der Waals surface area (Å²) < 4.78 is 33.4. The topological polar surface area (TPSA) is 91.8 Å². The van der Waals surface area contributed by atoms with Crippen LogP contribution in [0.3, 0.4) is 0 Å². The molecule has 4 unspecified atom stereocenters. The number of morpholine rings is 1. The van der Waals surface area contributed by atoms with E-state index in [0.29, 0.717) is 36.2 Å². The van der Waals surface area contributed by atoms with Crippen molar-refractivity contribution in [3.8, 4) is 0 Å². The first kappa shape index (κ1) is 24.6. The minimum atomic E-state index is -3.55. The van der Waals surface area contributed by atoms with Crippen LogP contribution in [0.5, 0.6) is 0 Å². The smallest absolute Gasteiger partial charge is 0.257 e. The first-order valence-corrected chi connectivity index (χ1v) is 13.3. The number of sulfonamides is 1. The summed E-state index contributed by atoms with van der Waals surface area (Å²) in [7, 11) is -3.55. The van der Waals surface area contributed by atoms with Crippen LogP contribution in [0.4, 0.5) is 11.5 Å². The molecule has 0 saturated carbocycles. The fraction of sp³-hybridized carbons (Fsp3) is 0.520. The van der Waals surface area contributed by atoms with Gasteiger partial charge in [-0.1, -0.05) is 13.8 Å². The van der Waals surface area contributed by atoms with Crippen molar-refractivity contribution in [1.82, 2.24) is 9.29 Å². The number of hydrogen-bond donors (Lipinski definition) is 1. The number of nitrogens with zero attached hydrogens (tertiary/aromatic N) is 3. The number of hydrogen-bond acceptors (Lipinski definition) is 6. The van der Waals surface area contributed by atoms with E-state index in [1.807, 2.05) is 19.9 Å². The van der Waals surface area contributed by atoms with Crippen molar-refractivity contribution in [2.45, 2.75) is 51.2 Å². The number of benzene rings is 1. The number of pyridine rings is 1. The molecule has 8 nitrogen and oxygen atoms in total. The average molecular weight is 487 g/mol. The molecule has 184 valence electrons. The molecule has 4 rings (SSSR count). The van der Waals surface area contributed by atoms with Crippen LogP contribution in [-0.2, 0) is 14.8 Å². The highest BCUT2D eigenvalue weighted by atomic mass is 32.2. The van der Waals surface area contributed by atoms with Crippen LogP contribution in [0, 0.1) is 11.8 Å². The zero-order chi connectivity index (χ0) is 24.5. The van der Waals surface area contributed by atoms with Gasteiger partial charge in [-0.05, 0) is 68.5 Å². The average Bonchev–Trinajstić information content (AvgIpc) is 2.78. The maximum absolute atomic E-state index is 13.1. The van der Waals surface area contributed by atoms with Crippen molar-refractivity contribution in [2.24, 2.45) is 11.8 Å². The lowest BCUT2D eigenvalue weighted by molar-refractivity contribution is -0.00546. The maximum atomic E-state index is 13.1. The minimum absolute atomic E-state index is 0.127. The van der Waals surface area contributed by atoms with Crippen LogP contribution in [0.1, 0.15) is 44.5 Å². The van der Waals surface area contributed by atoms with E-state index < -0.39 is 10.0 Å². The predicted molar refractivity (Wildman–Crippen MR) is 133 cm³/mol. The van der Waals surface area contributed by atoms with Gasteiger partial charge in [0.05, 0.1) is 22.7 Å². The van der Waals surface area contributed by atoms with Crippen LogP contribution in [-0.4, -0.2) is 62.0 Å². The van der Waals surface area contributed by atoms with Gasteiger partial charge in [0.1, 0.15) is 5.82 Å². The number of carbonyl (C=O) groups excluding carboxylic acids is 1. The van der Waals surface area contributed by atoms with Gasteiger partial charge in [0.15, 0.2) is 0 Å². The second kappa shape index (κ2) is 10.0. The minimum Gasteiger partial charge on any atom is -0.372 e. The Morgan fingerprint density at radius 2 is 1.56 bits per heavy atom. The van der Waals surface area contributed by atoms with Crippen molar-refractivity contribution in [3.05, 3.63) is 48.2 Å². The summed E-state index contributed by atoms with van der Waals surface area (Å²) in [5.74, 6) is 1.20. The van der Waals surface area contributed by atoms with E-state index in [2.05, 4.69) is 29.0 Å². The number of carbonyl (C=O) groups is 1. The van der Waals surface area contributed by atoms with Crippen LogP contribution >= 0.6 is 0 Å². The zero-order valence-corrected chi connectivity index (χ0v) is 21.1. The standard InChI is InChI=1S/C25H34N4O4S/c1-17-11-18(2)14-29(13-17)34(31,32)23-8-6-22(7-9-23)27-25(30)21-5-10-24(26-12-21)28-15-19(3)33-20(4)16-28/h5-10,12,17-20H,11,13-16H2,1-4H3,(H,27,30). The molecule has 2 aliphatic heterocycles. The molecule has 0 radical (unpaired) electrons. The zero-order valence-electron chi connectivity index (χ0n) is 20.3. The number of nitrogens with one attached hydrogen (secondary N) is 1. The number of piperidine rings is 1. The summed E-state index contributed by atoms with van der Waals surface area (Å²) in [6.07, 6.45) is 2.86. The number of ether oxygens (including phenoxy) is 1. The molecule has 1 amide bonds. The lowest BCUT2D eigenvalue weighted by Crippen LogP contribution is -2.45. The Hall–Kier alpha value is -2.49. The number of rotatable bonds is 5. The van der Waals surface area contributed by atoms with Gasteiger partial charge in [0.2, 0.25) is 10.0 Å². The second-order valence-corrected chi connectivity index (χ2v) is 11.8. The van der Waals surface area contributed by atoms with Crippen LogP contribution in [0.15, 0.2) is 47.5 Å². The fourth-order valence-corrected chi connectivity index (χ4v) is 6.62. The lowest BCUT2D eigenvalue weighted by Gasteiger charge is -2.36. The molecule has 0 aliphatic carbocycles. The van der Waals surface area contributed by atoms with Crippen molar-refractivity contribution in [2.75, 3.05) is 36.4 Å². The Kier molecular flexibility index (Phi) is 7.25. The highest BCUT2D eigenvalue weighted by Crippen LogP contribution is 2.27. The molecule has 1 aromatic carbocycles. The Morgan fingerprint density at radius 3 is 2.12 bits per heavy atom. The summed E-state index contributed by atoms with van der Waals surface area (Å²) >= 11 is 0. The van der Waals surface area contributed by atoms with Crippen LogP contribution in [0.25, 0.3) is 0 Å². The van der Waals surface area contributed by atoms with Crippen LogP contribution in [0.2, 0.25) is 0 Å². The Morgan fingerprint density at radius 1 is 0.941 bits per heavy atom. The molecule has 34 heavy (non-hydrogen) atoms. The van der Waals surface area contributed by atoms with E-state index in [1.54, 1.807) is 40.8 Å². The monoisotopic (exact) mass is 486 g/mol. The highest BCUT2D eigenvalue weighted by Gasteiger charge is 2.31. The van der Waals surface area contributed by atoms with Gasteiger partial charge < -0.3 is 15.0 Å². The van der Waals surface area contributed by atoms with Gasteiger partial charge >= 0.3 is 0 Å². The first-order chi connectivity index (χ1) is 16.1. The van der Waals surface area contributed by atoms with Crippen LogP contribution < -0.4 is 10.2 Å². The van der Waals surface area contributed by atoms with Gasteiger partial charge in [-0.15, -0.1) is 0 Å². The molecule has 2 aliphatic rings. The maximum Gasteiger partial charge on any atom is 0.257 e. The van der Waals surface area contributed by atoms with Crippen molar-refractivity contribution in [1.29, 1.82) is 0 Å². The first-order valence-electron chi connectivity index (χ1n) is 11.9. The van der Waals surface area contributed by atoms with Gasteiger partial charge in [-0.2, -0.15) is 4.31 Å². The molecule has 2 aromatic rings. The molecular weight excluding hydrogens is 452 g/mol. The van der Waals surface area contributed by atoms with Gasteiger partial charge in [0.25, 0.3) is 5.91 Å². The van der Waals surface area contributed by atoms with E-state index in [4.69, 9.17) is 4.74 Å². The van der Waals surface area contributed by atoms with Crippen molar-refractivity contribution in [3.63, 3.8) is 0 Å². The van der Waals surface area contributed by atoms with E-state index in [-0.39, 0.29) is 23.0 Å². The number of amides is 1. The molecule has 0 spiro atoms. The summed E-state index contributed by atoms with van der Waals surface area (Å²) in [4.78, 5) is 19.6. The van der Waals surface area contributed by atoms with E-state index in [1.165, 1.54) is 0 Å². The summed E-state index contributed by atoms with van der Waals surface area (Å²) in [5.41, 5.74) is 0.968. The molecule has 4 atom stereocenters. The van der Waals surface area contributed by atoms with E-state index >= 15 is 0 Å². The third kappa shape index (κ3) is 5.59. The van der Waals surface area contributed by atoms with Gasteiger partial charge in [0, 0.05) is 38.1 Å². The summed E-state index contributed by atoms with van der Waals surface area (Å²) in [5, 5.41) is 2.82. The summed E-state index contributed by atoms with van der Waals surface area (Å²) in [6.45, 7) is 10.8. The lowest BCUT2D eigenvalue weighted by atomic mass is 9.94. The molecule has 9 heteroatoms. The third-order valence-electron chi connectivity index (χ3n) is 6.34. The molecule has 2 fully saturated rings. The normalized spacial score (nSPS) is 26.3. The van der Waals surface area contributed by atoms with Crippen molar-refractivity contribution >= 4 is 27.4 Å². The Bertz CT molecular complexity index is 1080. The van der Waals surface area contributed by atoms with E-state index in [9.17, 15) is 13.2 Å². The SMILES string of the molecule is CC1CC(C)CN(S(=O)(=O)c2ccc(NC(=O)c3ccc(N4CC(C)OC(C)C4)nc3)cc2)C1. The quantitative estimate of drug-likeness (QED) is 0.694. The van der Waals surface area contributed by atoms with E-state index in [0.717, 1.165) is 25.3 Å². The highest BCUT2D eigenvalue weighted by molar-refractivity contribution is 7.89. The molecule has 3 heterocycles. The number of anilines is 2. The predicted octanol–water partition coefficient (Wildman–Crippen LogP) is 3.61. The third-order valence-corrected chi connectivity index (χ3v) is 8.18. The largest absolute Gasteiger partial charge is 0.372 e. The summed E-state index contributed by atoms with van der Waals surface area (Å²) in [6, 6.07) is 9.95.